The van der Waals surface area contributed by atoms with Crippen molar-refractivity contribution in [2.45, 2.75) is 39.8 Å². The highest BCUT2D eigenvalue weighted by Gasteiger charge is 2.27. The molecule has 0 saturated carbocycles. The van der Waals surface area contributed by atoms with Gasteiger partial charge in [0.1, 0.15) is 5.75 Å². The molecule has 2 heterocycles. The molecule has 1 saturated heterocycles. The maximum absolute atomic E-state index is 9.89. The van der Waals surface area contributed by atoms with Crippen molar-refractivity contribution in [2.75, 3.05) is 18.0 Å². The lowest BCUT2D eigenvalue weighted by molar-refractivity contribution is 0.291. The molecule has 0 aliphatic carbocycles. The molecule has 1 aromatic heterocycles. The van der Waals surface area contributed by atoms with Crippen molar-refractivity contribution >= 4 is 5.95 Å². The fourth-order valence-electron chi connectivity index (χ4n) is 4.09. The number of benzene rings is 2. The highest BCUT2D eigenvalue weighted by molar-refractivity contribution is 5.63. The van der Waals surface area contributed by atoms with Crippen LogP contribution in [0.15, 0.2) is 60.9 Å². The summed E-state index contributed by atoms with van der Waals surface area (Å²) in [5.41, 5.74) is 4.54. The molecule has 0 radical (unpaired) electrons. The van der Waals surface area contributed by atoms with Crippen molar-refractivity contribution in [1.29, 1.82) is 0 Å². The van der Waals surface area contributed by atoms with Gasteiger partial charge in [0.05, 0.1) is 0 Å². The smallest absolute Gasteiger partial charge is 0.225 e. The van der Waals surface area contributed by atoms with E-state index in [0.717, 1.165) is 42.3 Å². The molecule has 0 amide bonds. The van der Waals surface area contributed by atoms with Crippen LogP contribution in [0.5, 0.6) is 5.75 Å². The van der Waals surface area contributed by atoms with Crippen LogP contribution in [-0.4, -0.2) is 28.2 Å². The average molecular weight is 403 g/mol. The Morgan fingerprint density at radius 3 is 2.57 bits per heavy atom. The topological polar surface area (TPSA) is 61.3 Å². The van der Waals surface area contributed by atoms with Gasteiger partial charge >= 0.3 is 0 Å². The number of aromatic nitrogens is 2. The summed E-state index contributed by atoms with van der Waals surface area (Å²) in [6.07, 6.45) is 6.30. The zero-order valence-electron chi connectivity index (χ0n) is 17.8. The third kappa shape index (κ3) is 4.97. The first-order valence-electron chi connectivity index (χ1n) is 10.6. The molecule has 2 N–H and O–H groups in total. The largest absolute Gasteiger partial charge is 0.508 e. The molecule has 5 nitrogen and oxygen atoms in total. The lowest BCUT2D eigenvalue weighted by atomic mass is 9.84. The van der Waals surface area contributed by atoms with E-state index in [2.05, 4.69) is 58.3 Å². The van der Waals surface area contributed by atoms with Crippen LogP contribution in [-0.2, 0) is 13.1 Å². The standard InChI is InChI=1S/C25H30N4O/c1-25(2)11-6-12-29(18-25)24-27-16-22(17-28-24)20-9-5-7-19(13-20)14-26-15-21-8-3-4-10-23(21)30/h3-5,7-10,13,16-17,26,30H,6,11-12,14-15,18H2,1-2H3. The van der Waals surface area contributed by atoms with Crippen LogP contribution in [0, 0.1) is 5.41 Å². The third-order valence-electron chi connectivity index (χ3n) is 5.72. The Morgan fingerprint density at radius 2 is 1.80 bits per heavy atom. The molecular formula is C25H30N4O. The minimum atomic E-state index is 0.318. The van der Waals surface area contributed by atoms with Crippen LogP contribution in [0.1, 0.15) is 37.8 Å². The Hall–Kier alpha value is -2.92. The number of nitrogens with one attached hydrogen (secondary N) is 1. The third-order valence-corrected chi connectivity index (χ3v) is 5.72. The predicted octanol–water partition coefficient (Wildman–Crippen LogP) is 4.77. The summed E-state index contributed by atoms with van der Waals surface area (Å²) >= 11 is 0. The number of rotatable bonds is 6. The van der Waals surface area contributed by atoms with Crippen molar-refractivity contribution in [1.82, 2.24) is 15.3 Å². The number of nitrogens with zero attached hydrogens (tertiary/aromatic N) is 3. The second kappa shape index (κ2) is 8.84. The summed E-state index contributed by atoms with van der Waals surface area (Å²) < 4.78 is 0. The Balaban J connectivity index is 1.40. The highest BCUT2D eigenvalue weighted by atomic mass is 16.3. The van der Waals surface area contributed by atoms with E-state index in [1.165, 1.54) is 18.4 Å². The lowest BCUT2D eigenvalue weighted by Gasteiger charge is -2.38. The minimum Gasteiger partial charge on any atom is -0.508 e. The number of hydrogen-bond donors (Lipinski definition) is 2. The first-order chi connectivity index (χ1) is 14.5. The summed E-state index contributed by atoms with van der Waals surface area (Å²) in [5, 5.41) is 13.3. The molecule has 5 heteroatoms. The van der Waals surface area contributed by atoms with Gasteiger partial charge in [-0.1, -0.05) is 50.2 Å². The Kier molecular flexibility index (Phi) is 6.00. The van der Waals surface area contributed by atoms with E-state index >= 15 is 0 Å². The molecule has 156 valence electrons. The van der Waals surface area contributed by atoms with Crippen LogP contribution in [0.3, 0.4) is 0 Å². The van der Waals surface area contributed by atoms with Crippen molar-refractivity contribution in [3.8, 4) is 16.9 Å². The molecule has 1 fully saturated rings. The monoisotopic (exact) mass is 402 g/mol. The predicted molar refractivity (Wildman–Crippen MR) is 121 cm³/mol. The minimum absolute atomic E-state index is 0.318. The normalized spacial score (nSPS) is 15.9. The number of anilines is 1. The lowest BCUT2D eigenvalue weighted by Crippen LogP contribution is -2.40. The van der Waals surface area contributed by atoms with Gasteiger partial charge in [-0.3, -0.25) is 0 Å². The Morgan fingerprint density at radius 1 is 1.00 bits per heavy atom. The maximum Gasteiger partial charge on any atom is 0.225 e. The van der Waals surface area contributed by atoms with Crippen molar-refractivity contribution < 1.29 is 5.11 Å². The molecule has 0 atom stereocenters. The van der Waals surface area contributed by atoms with Gasteiger partial charge in [0.25, 0.3) is 0 Å². The molecule has 4 rings (SSSR count). The highest BCUT2D eigenvalue weighted by Crippen LogP contribution is 2.30. The molecule has 0 unspecified atom stereocenters. The fourth-order valence-corrected chi connectivity index (χ4v) is 4.09. The summed E-state index contributed by atoms with van der Waals surface area (Å²) in [6, 6.07) is 15.8. The van der Waals surface area contributed by atoms with E-state index in [0.29, 0.717) is 17.7 Å². The second-order valence-electron chi connectivity index (χ2n) is 8.89. The molecule has 3 aromatic rings. The summed E-state index contributed by atoms with van der Waals surface area (Å²) in [7, 11) is 0. The number of phenolic OH excluding ortho intramolecular Hbond substituents is 1. The number of phenols is 1. The van der Waals surface area contributed by atoms with Crippen LogP contribution < -0.4 is 10.2 Å². The van der Waals surface area contributed by atoms with E-state index in [4.69, 9.17) is 0 Å². The van der Waals surface area contributed by atoms with Crippen LogP contribution in [0.2, 0.25) is 0 Å². The summed E-state index contributed by atoms with van der Waals surface area (Å²) in [6.45, 7) is 8.01. The van der Waals surface area contributed by atoms with Crippen molar-refractivity contribution in [2.24, 2.45) is 5.41 Å². The molecule has 1 aliphatic heterocycles. The van der Waals surface area contributed by atoms with E-state index in [1.54, 1.807) is 6.07 Å². The Labute approximate surface area is 178 Å². The van der Waals surface area contributed by atoms with Gasteiger partial charge < -0.3 is 15.3 Å². The number of aromatic hydroxyl groups is 1. The van der Waals surface area contributed by atoms with Crippen LogP contribution in [0.25, 0.3) is 11.1 Å². The molecular weight excluding hydrogens is 372 g/mol. The maximum atomic E-state index is 9.89. The molecule has 0 spiro atoms. The van der Waals surface area contributed by atoms with Crippen LogP contribution in [0.4, 0.5) is 5.95 Å². The van der Waals surface area contributed by atoms with Gasteiger partial charge in [0, 0.05) is 49.7 Å². The van der Waals surface area contributed by atoms with E-state index in [-0.39, 0.29) is 0 Å². The van der Waals surface area contributed by atoms with Gasteiger partial charge in [-0.2, -0.15) is 0 Å². The second-order valence-corrected chi connectivity index (χ2v) is 8.89. The zero-order chi connectivity index (χ0) is 21.0. The van der Waals surface area contributed by atoms with Crippen LogP contribution >= 0.6 is 0 Å². The summed E-state index contributed by atoms with van der Waals surface area (Å²) in [5.74, 6) is 1.15. The SMILES string of the molecule is CC1(C)CCCN(c2ncc(-c3cccc(CNCc4ccccc4O)c3)cn2)C1. The first-order valence-corrected chi connectivity index (χ1v) is 10.6. The quantitative estimate of drug-likeness (QED) is 0.622. The molecule has 2 aromatic carbocycles. The van der Waals surface area contributed by atoms with Gasteiger partial charge in [-0.15, -0.1) is 0 Å². The zero-order valence-corrected chi connectivity index (χ0v) is 17.8. The molecule has 0 bridgehead atoms. The van der Waals surface area contributed by atoms with Crippen molar-refractivity contribution in [3.05, 3.63) is 72.1 Å². The first kappa shape index (κ1) is 20.4. The van der Waals surface area contributed by atoms with Gasteiger partial charge in [-0.05, 0) is 41.5 Å². The molecule has 30 heavy (non-hydrogen) atoms. The van der Waals surface area contributed by atoms with E-state index in [1.807, 2.05) is 30.6 Å². The number of para-hydroxylation sites is 1. The summed E-state index contributed by atoms with van der Waals surface area (Å²) in [4.78, 5) is 11.6. The fraction of sp³-hybridized carbons (Fsp3) is 0.360. The number of hydrogen-bond acceptors (Lipinski definition) is 5. The Bertz CT molecular complexity index is 984. The average Bonchev–Trinajstić information content (AvgIpc) is 2.75. The van der Waals surface area contributed by atoms with Gasteiger partial charge in [-0.25, -0.2) is 9.97 Å². The van der Waals surface area contributed by atoms with E-state index < -0.39 is 0 Å². The van der Waals surface area contributed by atoms with Gasteiger partial charge in [0.15, 0.2) is 0 Å². The molecule has 1 aliphatic rings. The van der Waals surface area contributed by atoms with Crippen molar-refractivity contribution in [3.63, 3.8) is 0 Å². The number of piperidine rings is 1. The van der Waals surface area contributed by atoms with E-state index in [9.17, 15) is 5.11 Å². The van der Waals surface area contributed by atoms with Gasteiger partial charge in [0.2, 0.25) is 5.95 Å².